The number of ether oxygens (including phenoxy) is 2. The van der Waals surface area contributed by atoms with Crippen LogP contribution in [0.5, 0.6) is 0 Å². The summed E-state index contributed by atoms with van der Waals surface area (Å²) in [6.45, 7) is -0.922. The van der Waals surface area contributed by atoms with Crippen molar-refractivity contribution in [1.29, 1.82) is 0 Å². The van der Waals surface area contributed by atoms with Crippen molar-refractivity contribution in [3.05, 3.63) is 12.7 Å². The molecule has 0 bridgehead atoms. The first-order valence-electron chi connectivity index (χ1n) is 10.7. The number of halogens is 1. The molecule has 2 aliphatic heterocycles. The molecule has 0 aliphatic carbocycles. The summed E-state index contributed by atoms with van der Waals surface area (Å²) in [5.74, 6) is 0.266. The van der Waals surface area contributed by atoms with Crippen LogP contribution in [0.2, 0.25) is 0 Å². The second-order valence-corrected chi connectivity index (χ2v) is 11.0. The van der Waals surface area contributed by atoms with Gasteiger partial charge in [0, 0.05) is 0 Å². The van der Waals surface area contributed by atoms with E-state index in [1.165, 1.54) is 6.33 Å². The summed E-state index contributed by atoms with van der Waals surface area (Å²) >= 11 is 4.13. The van der Waals surface area contributed by atoms with E-state index in [1.807, 2.05) is 0 Å². The first kappa shape index (κ1) is 28.1. The molecule has 2 fully saturated rings. The summed E-state index contributed by atoms with van der Waals surface area (Å²) in [5.41, 5.74) is 6.83. The van der Waals surface area contributed by atoms with Crippen molar-refractivity contribution in [2.75, 3.05) is 18.9 Å². The molecule has 7 N–H and O–H groups in total. The van der Waals surface area contributed by atoms with E-state index in [0.717, 1.165) is 0 Å². The van der Waals surface area contributed by atoms with Crippen LogP contribution in [0.25, 0.3) is 11.2 Å². The number of alkyl halides is 1. The van der Waals surface area contributed by atoms with Crippen LogP contribution in [0, 0.1) is 0 Å². The number of nitrogen functional groups attached to an aromatic ring is 1. The molecule has 4 heterocycles. The van der Waals surface area contributed by atoms with Crippen molar-refractivity contribution >= 4 is 45.4 Å². The lowest BCUT2D eigenvalue weighted by Crippen LogP contribution is -2.60. The average Bonchev–Trinajstić information content (AvgIpc) is 3.50. The van der Waals surface area contributed by atoms with E-state index in [1.54, 1.807) is 10.9 Å². The Bertz CT molecular complexity index is 1020. The molecular weight excluding hydrogens is 547 g/mol. The van der Waals surface area contributed by atoms with Gasteiger partial charge >= 0.3 is 8.60 Å². The quantitative estimate of drug-likeness (QED) is 0.143. The third kappa shape index (κ3) is 6.21. The molecule has 2 aliphatic rings. The SMILES string of the molecule is Nc1ncnc2c1ncn2C1CCC(COP(S)OP(O)OC2OC(C(F)CO)C(O)C(O)C2O)O1. The Labute approximate surface area is 211 Å². The van der Waals surface area contributed by atoms with Crippen molar-refractivity contribution in [3.63, 3.8) is 0 Å². The zero-order valence-corrected chi connectivity index (χ0v) is 21.1. The molecule has 0 amide bonds. The average molecular weight is 573 g/mol. The zero-order chi connectivity index (χ0) is 26.0. The minimum atomic E-state index is -2.75. The molecule has 0 aromatic carbocycles. The molecule has 0 radical (unpaired) electrons. The number of nitrogens with two attached hydrogens (primary N) is 1. The lowest BCUT2D eigenvalue weighted by molar-refractivity contribution is -0.285. The van der Waals surface area contributed by atoms with Crippen LogP contribution >= 0.6 is 28.4 Å². The van der Waals surface area contributed by atoms with Crippen LogP contribution in [0.4, 0.5) is 10.2 Å². The molecular formula is C17H26FN5O10P2S. The van der Waals surface area contributed by atoms with E-state index in [4.69, 9.17) is 33.7 Å². The maximum absolute atomic E-state index is 13.8. The molecule has 19 heteroatoms. The lowest BCUT2D eigenvalue weighted by Gasteiger charge is -2.41. The van der Waals surface area contributed by atoms with E-state index >= 15 is 0 Å². The van der Waals surface area contributed by atoms with E-state index in [2.05, 4.69) is 27.2 Å². The fraction of sp³-hybridized carbons (Fsp3) is 0.706. The summed E-state index contributed by atoms with van der Waals surface area (Å²) in [6.07, 6.45) is -7.45. The Kier molecular flexibility index (Phi) is 9.60. The van der Waals surface area contributed by atoms with Crippen LogP contribution in [-0.4, -0.2) is 101 Å². The van der Waals surface area contributed by atoms with E-state index in [9.17, 15) is 24.6 Å². The molecule has 0 saturated carbocycles. The molecule has 2 aromatic rings. The van der Waals surface area contributed by atoms with Crippen molar-refractivity contribution in [1.82, 2.24) is 19.5 Å². The van der Waals surface area contributed by atoms with E-state index < -0.39 is 59.7 Å². The van der Waals surface area contributed by atoms with Crippen LogP contribution in [0.3, 0.4) is 0 Å². The minimum Gasteiger partial charge on any atom is -0.393 e. The fourth-order valence-corrected chi connectivity index (χ4v) is 6.03. The highest BCUT2D eigenvalue weighted by atomic mass is 32.7. The number of hydrogen-bond donors (Lipinski definition) is 7. The van der Waals surface area contributed by atoms with Gasteiger partial charge in [-0.25, -0.2) is 19.3 Å². The standard InChI is InChI=1S/C17H26FN5O10P2S/c18-8(3-24)14-12(26)11(25)13(27)17(31-14)32-34(28)33-35(36)29-4-7-1-2-9(30-7)23-6-22-10-15(19)20-5-21-16(10)23/h5-9,11-14,17,24-28,36H,1-4H2,(H2,19,20,21). The molecule has 10 unspecified atom stereocenters. The number of rotatable bonds is 10. The summed E-state index contributed by atoms with van der Waals surface area (Å²) in [6, 6.07) is 0. The highest BCUT2D eigenvalue weighted by Crippen LogP contribution is 2.56. The van der Waals surface area contributed by atoms with Gasteiger partial charge in [-0.3, -0.25) is 13.4 Å². The van der Waals surface area contributed by atoms with Gasteiger partial charge in [0.1, 0.15) is 42.5 Å². The van der Waals surface area contributed by atoms with Crippen LogP contribution in [0.15, 0.2) is 12.7 Å². The molecule has 2 aromatic heterocycles. The van der Waals surface area contributed by atoms with Gasteiger partial charge in [0.2, 0.25) is 7.58 Å². The molecule has 2 saturated heterocycles. The number of fused-ring (bicyclic) bond motifs is 1. The Morgan fingerprint density at radius 3 is 2.72 bits per heavy atom. The highest BCUT2D eigenvalue weighted by Gasteiger charge is 2.48. The van der Waals surface area contributed by atoms with Gasteiger partial charge in [0.05, 0.1) is 25.6 Å². The molecule has 4 rings (SSSR count). The normalized spacial score (nSPS) is 33.6. The number of aliphatic hydroxyl groups is 4. The van der Waals surface area contributed by atoms with Gasteiger partial charge < -0.3 is 45.1 Å². The molecule has 0 spiro atoms. The van der Waals surface area contributed by atoms with Gasteiger partial charge in [0.15, 0.2) is 23.9 Å². The van der Waals surface area contributed by atoms with Crippen LogP contribution in [-0.2, 0) is 22.8 Å². The number of nitrogens with zero attached hydrogens (tertiary/aromatic N) is 4. The predicted molar refractivity (Wildman–Crippen MR) is 125 cm³/mol. The Hall–Kier alpha value is -0.910. The topological polar surface area (TPSA) is 217 Å². The molecule has 36 heavy (non-hydrogen) atoms. The minimum absolute atomic E-state index is 0.0776. The largest absolute Gasteiger partial charge is 0.393 e. The predicted octanol–water partition coefficient (Wildman–Crippen LogP) is -0.350. The summed E-state index contributed by atoms with van der Waals surface area (Å²) in [5, 5.41) is 38.7. The number of anilines is 1. The zero-order valence-electron chi connectivity index (χ0n) is 18.5. The molecule has 15 nitrogen and oxygen atoms in total. The van der Waals surface area contributed by atoms with Gasteiger partial charge in [-0.05, 0) is 12.8 Å². The van der Waals surface area contributed by atoms with Gasteiger partial charge in [-0.2, -0.15) is 0 Å². The third-order valence-corrected chi connectivity index (χ3v) is 8.50. The number of hydrogen-bond acceptors (Lipinski definition) is 15. The Morgan fingerprint density at radius 2 is 1.97 bits per heavy atom. The third-order valence-electron chi connectivity index (χ3n) is 5.62. The molecule has 10 atom stereocenters. The fourth-order valence-electron chi connectivity index (χ4n) is 3.80. The summed E-state index contributed by atoms with van der Waals surface area (Å²) in [7, 11) is -4.71. The van der Waals surface area contributed by atoms with Crippen molar-refractivity contribution < 1.29 is 52.5 Å². The van der Waals surface area contributed by atoms with Crippen LogP contribution < -0.4 is 5.73 Å². The maximum atomic E-state index is 13.8. The van der Waals surface area contributed by atoms with Crippen LogP contribution in [0.1, 0.15) is 19.1 Å². The molecule has 202 valence electrons. The number of aromatic nitrogens is 4. The number of thiol groups is 1. The van der Waals surface area contributed by atoms with Crippen molar-refractivity contribution in [3.8, 4) is 0 Å². The van der Waals surface area contributed by atoms with E-state index in [-0.39, 0.29) is 24.8 Å². The highest BCUT2D eigenvalue weighted by molar-refractivity contribution is 8.42. The van der Waals surface area contributed by atoms with Crippen molar-refractivity contribution in [2.45, 2.75) is 62.1 Å². The first-order valence-corrected chi connectivity index (χ1v) is 14.1. The lowest BCUT2D eigenvalue weighted by atomic mass is 9.96. The van der Waals surface area contributed by atoms with Gasteiger partial charge in [0.25, 0.3) is 0 Å². The van der Waals surface area contributed by atoms with Crippen molar-refractivity contribution in [2.24, 2.45) is 0 Å². The maximum Gasteiger partial charge on any atom is 0.338 e. The summed E-state index contributed by atoms with van der Waals surface area (Å²) < 4.78 is 42.3. The number of aliphatic hydroxyl groups excluding tert-OH is 4. The number of imidazole rings is 1. The Balaban J connectivity index is 1.23. The summed E-state index contributed by atoms with van der Waals surface area (Å²) in [4.78, 5) is 22.4. The first-order chi connectivity index (χ1) is 17.2. The second kappa shape index (κ2) is 12.3. The monoisotopic (exact) mass is 573 g/mol. The van der Waals surface area contributed by atoms with Gasteiger partial charge in [-0.1, -0.05) is 12.2 Å². The Morgan fingerprint density at radius 1 is 1.19 bits per heavy atom. The second-order valence-electron chi connectivity index (χ2n) is 7.97. The van der Waals surface area contributed by atoms with Gasteiger partial charge in [-0.15, -0.1) is 0 Å². The smallest absolute Gasteiger partial charge is 0.338 e. The van der Waals surface area contributed by atoms with E-state index in [0.29, 0.717) is 24.0 Å².